The molecule has 0 bridgehead atoms. The number of nitrogens with zero attached hydrogens (tertiary/aromatic N) is 3. The van der Waals surface area contributed by atoms with Gasteiger partial charge in [0, 0.05) is 25.7 Å². The molecule has 3 rings (SSSR count). The fraction of sp³-hybridized carbons (Fsp3) is 0.333. The van der Waals surface area contributed by atoms with Crippen molar-refractivity contribution in [2.75, 3.05) is 13.1 Å². The summed E-state index contributed by atoms with van der Waals surface area (Å²) in [5, 5.41) is 10.6. The van der Waals surface area contributed by atoms with Crippen molar-refractivity contribution in [1.29, 1.82) is 0 Å². The number of carbonyl (C=O) groups is 1. The molecular weight excluding hydrogens is 358 g/mol. The second kappa shape index (κ2) is 9.26. The van der Waals surface area contributed by atoms with Crippen LogP contribution in [-0.4, -0.2) is 40.0 Å². The summed E-state index contributed by atoms with van der Waals surface area (Å²) in [5.41, 5.74) is 1.22. The van der Waals surface area contributed by atoms with Gasteiger partial charge in [-0.3, -0.25) is 15.0 Å². The first-order valence-corrected chi connectivity index (χ1v) is 8.19. The molecular formula is C18H20ClN3O4. The van der Waals surface area contributed by atoms with Gasteiger partial charge in [-0.15, -0.1) is 12.4 Å². The molecule has 0 saturated carbocycles. The Kier molecular flexibility index (Phi) is 7.06. The third-order valence-corrected chi connectivity index (χ3v) is 4.23. The van der Waals surface area contributed by atoms with E-state index in [1.165, 1.54) is 17.7 Å². The molecule has 0 N–H and O–H groups in total. The number of esters is 1. The van der Waals surface area contributed by atoms with E-state index in [0.717, 1.165) is 38.7 Å². The van der Waals surface area contributed by atoms with Gasteiger partial charge in [-0.25, -0.2) is 9.78 Å². The Bertz CT molecular complexity index is 732. The van der Waals surface area contributed by atoms with Crippen molar-refractivity contribution in [2.24, 2.45) is 0 Å². The van der Waals surface area contributed by atoms with Crippen molar-refractivity contribution in [3.05, 3.63) is 70.0 Å². The molecule has 0 amide bonds. The molecule has 1 aliphatic heterocycles. The first-order valence-electron chi connectivity index (χ1n) is 8.19. The van der Waals surface area contributed by atoms with E-state index < -0.39 is 10.9 Å². The zero-order valence-electron chi connectivity index (χ0n) is 14.1. The number of rotatable bonds is 5. The molecule has 1 saturated heterocycles. The average molecular weight is 378 g/mol. The lowest BCUT2D eigenvalue weighted by molar-refractivity contribution is -0.385. The van der Waals surface area contributed by atoms with Crippen LogP contribution in [0.4, 0.5) is 5.69 Å². The number of likely N-dealkylation sites (tertiary alicyclic amines) is 1. The first kappa shape index (κ1) is 19.8. The lowest BCUT2D eigenvalue weighted by atomic mass is 10.1. The summed E-state index contributed by atoms with van der Waals surface area (Å²) < 4.78 is 5.48. The maximum Gasteiger partial charge on any atom is 0.357 e. The minimum atomic E-state index is -0.551. The summed E-state index contributed by atoms with van der Waals surface area (Å²) in [6.07, 6.45) is 2.47. The van der Waals surface area contributed by atoms with Gasteiger partial charge >= 0.3 is 5.97 Å². The summed E-state index contributed by atoms with van der Waals surface area (Å²) in [4.78, 5) is 28.3. The lowest BCUT2D eigenvalue weighted by Gasteiger charge is -2.31. The van der Waals surface area contributed by atoms with Crippen LogP contribution < -0.4 is 0 Å². The number of hydrogen-bond acceptors (Lipinski definition) is 6. The Morgan fingerprint density at radius 2 is 1.88 bits per heavy atom. The van der Waals surface area contributed by atoms with Gasteiger partial charge in [-0.1, -0.05) is 30.3 Å². The van der Waals surface area contributed by atoms with Crippen molar-refractivity contribution >= 4 is 24.1 Å². The number of pyridine rings is 1. The summed E-state index contributed by atoms with van der Waals surface area (Å²) in [5.74, 6) is -0.531. The largest absolute Gasteiger partial charge is 0.458 e. The Balaban J connectivity index is 0.00000243. The van der Waals surface area contributed by atoms with E-state index in [1.807, 2.05) is 18.2 Å². The summed E-state index contributed by atoms with van der Waals surface area (Å²) in [6.45, 7) is 2.62. The molecule has 0 radical (unpaired) electrons. The van der Waals surface area contributed by atoms with Crippen molar-refractivity contribution in [1.82, 2.24) is 9.88 Å². The molecule has 0 aliphatic carbocycles. The van der Waals surface area contributed by atoms with Crippen LogP contribution in [0.5, 0.6) is 0 Å². The van der Waals surface area contributed by atoms with E-state index in [2.05, 4.69) is 22.0 Å². The van der Waals surface area contributed by atoms with Gasteiger partial charge in [-0.05, 0) is 24.5 Å². The topological polar surface area (TPSA) is 85.6 Å². The Labute approximate surface area is 157 Å². The average Bonchev–Trinajstić information content (AvgIpc) is 2.64. The number of ether oxygens (including phenoxy) is 1. The molecule has 2 heterocycles. The minimum absolute atomic E-state index is 0. The maximum absolute atomic E-state index is 12.1. The van der Waals surface area contributed by atoms with Crippen LogP contribution in [0.1, 0.15) is 28.9 Å². The molecule has 0 unspecified atom stereocenters. The highest BCUT2D eigenvalue weighted by Crippen LogP contribution is 2.18. The van der Waals surface area contributed by atoms with Crippen molar-refractivity contribution < 1.29 is 14.5 Å². The first-order chi connectivity index (χ1) is 12.1. The summed E-state index contributed by atoms with van der Waals surface area (Å²) >= 11 is 0. The van der Waals surface area contributed by atoms with Crippen LogP contribution in [0.15, 0.2) is 48.7 Å². The zero-order valence-corrected chi connectivity index (χ0v) is 14.9. The number of hydrogen-bond donors (Lipinski definition) is 0. The molecule has 1 aromatic carbocycles. The summed E-state index contributed by atoms with van der Waals surface area (Å²) in [7, 11) is 0. The SMILES string of the molecule is Cl.O=C(OC1CCN(Cc2ccccc2)CC1)c1ccc([N+](=O)[O-])cn1. The van der Waals surface area contributed by atoms with Gasteiger partial charge in [-0.2, -0.15) is 0 Å². The smallest absolute Gasteiger partial charge is 0.357 e. The van der Waals surface area contributed by atoms with Crippen molar-refractivity contribution in [3.8, 4) is 0 Å². The number of nitro groups is 1. The van der Waals surface area contributed by atoms with E-state index in [0.29, 0.717) is 0 Å². The van der Waals surface area contributed by atoms with E-state index in [-0.39, 0.29) is 29.9 Å². The molecule has 8 heteroatoms. The van der Waals surface area contributed by atoms with Crippen molar-refractivity contribution in [3.63, 3.8) is 0 Å². The molecule has 2 aromatic rings. The maximum atomic E-state index is 12.1. The second-order valence-corrected chi connectivity index (χ2v) is 6.03. The predicted octanol–water partition coefficient (Wildman–Crippen LogP) is 3.23. The molecule has 0 atom stereocenters. The van der Waals surface area contributed by atoms with Crippen LogP contribution >= 0.6 is 12.4 Å². The van der Waals surface area contributed by atoms with E-state index in [1.54, 1.807) is 0 Å². The number of halogens is 1. The highest BCUT2D eigenvalue weighted by atomic mass is 35.5. The van der Waals surface area contributed by atoms with E-state index in [9.17, 15) is 14.9 Å². The number of carbonyl (C=O) groups excluding carboxylic acids is 1. The van der Waals surface area contributed by atoms with Crippen molar-refractivity contribution in [2.45, 2.75) is 25.5 Å². The van der Waals surface area contributed by atoms with Gasteiger partial charge < -0.3 is 4.74 Å². The summed E-state index contributed by atoms with van der Waals surface area (Å²) in [6, 6.07) is 12.8. The van der Waals surface area contributed by atoms with Gasteiger partial charge in [0.2, 0.25) is 0 Å². The van der Waals surface area contributed by atoms with E-state index >= 15 is 0 Å². The molecule has 138 valence electrons. The van der Waals surface area contributed by atoms with Gasteiger partial charge in [0.1, 0.15) is 18.0 Å². The van der Waals surface area contributed by atoms with Gasteiger partial charge in [0.15, 0.2) is 0 Å². The highest BCUT2D eigenvalue weighted by molar-refractivity contribution is 5.87. The quantitative estimate of drug-likeness (QED) is 0.451. The van der Waals surface area contributed by atoms with Crippen LogP contribution in [0, 0.1) is 10.1 Å². The normalized spacial score (nSPS) is 15.1. The van der Waals surface area contributed by atoms with Gasteiger partial charge in [0.05, 0.1) is 4.92 Å². The zero-order chi connectivity index (χ0) is 17.6. The standard InChI is InChI=1S/C18H19N3O4.ClH/c22-18(17-7-6-15(12-19-17)21(23)24)25-16-8-10-20(11-9-16)13-14-4-2-1-3-5-14;/h1-7,12,16H,8-11,13H2;1H. The monoisotopic (exact) mass is 377 g/mol. The molecule has 1 fully saturated rings. The molecule has 0 spiro atoms. The molecule has 1 aromatic heterocycles. The van der Waals surface area contributed by atoms with Crippen LogP contribution in [-0.2, 0) is 11.3 Å². The van der Waals surface area contributed by atoms with Crippen LogP contribution in [0.3, 0.4) is 0 Å². The second-order valence-electron chi connectivity index (χ2n) is 6.03. The number of piperidine rings is 1. The molecule has 26 heavy (non-hydrogen) atoms. The Morgan fingerprint density at radius 3 is 2.46 bits per heavy atom. The lowest BCUT2D eigenvalue weighted by Crippen LogP contribution is -2.37. The van der Waals surface area contributed by atoms with Gasteiger partial charge in [0.25, 0.3) is 5.69 Å². The number of benzene rings is 1. The third-order valence-electron chi connectivity index (χ3n) is 4.23. The molecule has 1 aliphatic rings. The Hall–Kier alpha value is -2.51. The molecule has 7 nitrogen and oxygen atoms in total. The Morgan fingerprint density at radius 1 is 1.19 bits per heavy atom. The third kappa shape index (κ3) is 5.24. The fourth-order valence-corrected chi connectivity index (χ4v) is 2.85. The van der Waals surface area contributed by atoms with Crippen LogP contribution in [0.2, 0.25) is 0 Å². The number of aromatic nitrogens is 1. The predicted molar refractivity (Wildman–Crippen MR) is 98.3 cm³/mol. The fourth-order valence-electron chi connectivity index (χ4n) is 2.85. The highest BCUT2D eigenvalue weighted by Gasteiger charge is 2.23. The minimum Gasteiger partial charge on any atom is -0.458 e. The van der Waals surface area contributed by atoms with Crippen LogP contribution in [0.25, 0.3) is 0 Å². The van der Waals surface area contributed by atoms with E-state index in [4.69, 9.17) is 4.74 Å².